The Hall–Kier alpha value is -1.53. The molecule has 0 aromatic heterocycles. The third kappa shape index (κ3) is 3.70. The van der Waals surface area contributed by atoms with Gasteiger partial charge in [-0.2, -0.15) is 8.78 Å². The van der Waals surface area contributed by atoms with E-state index < -0.39 is 17.4 Å². The zero-order chi connectivity index (χ0) is 17.1. The normalized spacial score (nSPS) is 18.7. The highest BCUT2D eigenvalue weighted by atomic mass is 19.3. The molecule has 2 N–H and O–H groups in total. The number of nitrogens with zero attached hydrogens (tertiary/aromatic N) is 1. The fourth-order valence-corrected chi connectivity index (χ4v) is 2.90. The Morgan fingerprint density at radius 1 is 1.26 bits per heavy atom. The van der Waals surface area contributed by atoms with E-state index in [-0.39, 0.29) is 12.8 Å². The third-order valence-electron chi connectivity index (χ3n) is 4.62. The predicted octanol–water partition coefficient (Wildman–Crippen LogP) is 1.96. The summed E-state index contributed by atoms with van der Waals surface area (Å²) in [6.45, 7) is 3.41. The van der Waals surface area contributed by atoms with Crippen LogP contribution in [0.1, 0.15) is 30.9 Å². The average molecular weight is 326 g/mol. The first-order chi connectivity index (χ1) is 10.8. The summed E-state index contributed by atoms with van der Waals surface area (Å²) in [5.74, 6) is -5.19. The fourth-order valence-electron chi connectivity index (χ4n) is 2.90. The Bertz CT molecular complexity index is 538. The minimum atomic E-state index is -3.77. The molecule has 0 unspecified atom stereocenters. The van der Waals surface area contributed by atoms with E-state index in [1.807, 2.05) is 22.3 Å². The lowest BCUT2D eigenvalue weighted by Crippen LogP contribution is -2.60. The first-order valence-electron chi connectivity index (χ1n) is 7.95. The van der Waals surface area contributed by atoms with Crippen molar-refractivity contribution in [1.82, 2.24) is 10.2 Å². The Morgan fingerprint density at radius 2 is 1.78 bits per heavy atom. The van der Waals surface area contributed by atoms with Crippen LogP contribution in [0.2, 0.25) is 0 Å². The van der Waals surface area contributed by atoms with E-state index in [9.17, 15) is 18.7 Å². The number of aryl methyl sites for hydroxylation is 1. The van der Waals surface area contributed by atoms with E-state index in [2.05, 4.69) is 19.1 Å². The van der Waals surface area contributed by atoms with Crippen molar-refractivity contribution in [1.29, 1.82) is 0 Å². The van der Waals surface area contributed by atoms with Gasteiger partial charge in [-0.25, -0.2) is 0 Å². The molecule has 128 valence electrons. The molecule has 6 heteroatoms. The molecule has 1 aliphatic heterocycles. The first-order valence-corrected chi connectivity index (χ1v) is 7.95. The van der Waals surface area contributed by atoms with Crippen molar-refractivity contribution in [3.05, 3.63) is 35.4 Å². The van der Waals surface area contributed by atoms with Crippen molar-refractivity contribution < 1.29 is 18.7 Å². The summed E-state index contributed by atoms with van der Waals surface area (Å²) in [6.07, 6.45) is 0.729. The number of carbonyl (C=O) groups is 1. The molecule has 0 spiro atoms. The molecule has 0 aliphatic carbocycles. The summed E-state index contributed by atoms with van der Waals surface area (Å²) in [5, 5.41) is 12.1. The highest BCUT2D eigenvalue weighted by Gasteiger charge is 2.58. The number of likely N-dealkylation sites (tertiary alicyclic amines) is 1. The molecule has 4 nitrogen and oxygen atoms in total. The van der Waals surface area contributed by atoms with Crippen LogP contribution in [0.15, 0.2) is 24.3 Å². The zero-order valence-electron chi connectivity index (χ0n) is 13.6. The monoisotopic (exact) mass is 326 g/mol. The molecular weight excluding hydrogens is 302 g/mol. The Morgan fingerprint density at radius 3 is 2.26 bits per heavy atom. The van der Waals surface area contributed by atoms with Gasteiger partial charge in [-0.15, -0.1) is 0 Å². The average Bonchev–Trinajstić information content (AvgIpc) is 2.56. The summed E-state index contributed by atoms with van der Waals surface area (Å²) < 4.78 is 28.1. The van der Waals surface area contributed by atoms with Gasteiger partial charge in [0.25, 0.3) is 5.91 Å². The van der Waals surface area contributed by atoms with Crippen LogP contribution < -0.4 is 5.32 Å². The van der Waals surface area contributed by atoms with Gasteiger partial charge >= 0.3 is 5.92 Å². The molecule has 0 bridgehead atoms. The maximum absolute atomic E-state index is 14.0. The predicted molar refractivity (Wildman–Crippen MR) is 84.3 cm³/mol. The van der Waals surface area contributed by atoms with Crippen LogP contribution in [0, 0.1) is 0 Å². The zero-order valence-corrected chi connectivity index (χ0v) is 13.6. The Labute approximate surface area is 135 Å². The second-order valence-corrected chi connectivity index (χ2v) is 6.13. The van der Waals surface area contributed by atoms with E-state index in [0.717, 1.165) is 19.0 Å². The summed E-state index contributed by atoms with van der Waals surface area (Å²) in [6, 6.07) is 8.21. The molecular formula is C17H24F2N2O2. The van der Waals surface area contributed by atoms with Gasteiger partial charge < -0.3 is 10.4 Å². The van der Waals surface area contributed by atoms with E-state index in [0.29, 0.717) is 19.6 Å². The Balaban J connectivity index is 1.96. The highest BCUT2D eigenvalue weighted by Crippen LogP contribution is 2.37. The van der Waals surface area contributed by atoms with Crippen LogP contribution in [0.5, 0.6) is 0 Å². The number of piperidine rings is 1. The van der Waals surface area contributed by atoms with Gasteiger partial charge in [-0.05, 0) is 30.4 Å². The SMILES string of the molecule is CCc1ccc(CN2CCC(O)(C(F)(F)C(=O)NC)CC2)cc1. The molecule has 1 aromatic carbocycles. The number of hydrogen-bond donors (Lipinski definition) is 2. The van der Waals surface area contributed by atoms with Crippen molar-refractivity contribution in [2.75, 3.05) is 20.1 Å². The number of rotatable bonds is 5. The number of carbonyl (C=O) groups excluding carboxylic acids is 1. The van der Waals surface area contributed by atoms with Gasteiger partial charge in [0.1, 0.15) is 5.60 Å². The number of hydrogen-bond acceptors (Lipinski definition) is 3. The summed E-state index contributed by atoms with van der Waals surface area (Å²) >= 11 is 0. The van der Waals surface area contributed by atoms with Crippen molar-refractivity contribution in [2.45, 2.75) is 44.3 Å². The number of amides is 1. The molecule has 1 fully saturated rings. The van der Waals surface area contributed by atoms with Crippen LogP contribution in [-0.2, 0) is 17.8 Å². The number of benzene rings is 1. The molecule has 0 radical (unpaired) electrons. The van der Waals surface area contributed by atoms with Crippen LogP contribution in [-0.4, -0.2) is 47.6 Å². The highest BCUT2D eigenvalue weighted by molar-refractivity contribution is 5.84. The van der Waals surface area contributed by atoms with Crippen LogP contribution in [0.4, 0.5) is 8.78 Å². The molecule has 1 aliphatic rings. The minimum Gasteiger partial charge on any atom is -0.383 e. The van der Waals surface area contributed by atoms with Crippen molar-refractivity contribution in [2.24, 2.45) is 0 Å². The summed E-state index contributed by atoms with van der Waals surface area (Å²) in [5.41, 5.74) is 0.105. The molecule has 23 heavy (non-hydrogen) atoms. The second-order valence-electron chi connectivity index (χ2n) is 6.13. The number of alkyl halides is 2. The molecule has 1 amide bonds. The van der Waals surface area contributed by atoms with E-state index in [4.69, 9.17) is 0 Å². The number of aliphatic hydroxyl groups is 1. The molecule has 1 aromatic rings. The van der Waals surface area contributed by atoms with E-state index in [1.165, 1.54) is 5.56 Å². The summed E-state index contributed by atoms with van der Waals surface area (Å²) in [4.78, 5) is 13.4. The van der Waals surface area contributed by atoms with Crippen LogP contribution in [0.25, 0.3) is 0 Å². The first kappa shape index (κ1) is 17.8. The second kappa shape index (κ2) is 6.93. The number of nitrogens with one attached hydrogen (secondary N) is 1. The van der Waals surface area contributed by atoms with Gasteiger partial charge in [-0.1, -0.05) is 31.2 Å². The Kier molecular flexibility index (Phi) is 5.37. The topological polar surface area (TPSA) is 52.6 Å². The largest absolute Gasteiger partial charge is 0.383 e. The lowest BCUT2D eigenvalue weighted by atomic mass is 9.84. The quantitative estimate of drug-likeness (QED) is 0.870. The molecule has 2 rings (SSSR count). The van der Waals surface area contributed by atoms with Gasteiger partial charge in [0.2, 0.25) is 0 Å². The van der Waals surface area contributed by atoms with Crippen molar-refractivity contribution in [3.8, 4) is 0 Å². The van der Waals surface area contributed by atoms with Gasteiger partial charge in [0, 0.05) is 26.7 Å². The molecule has 0 atom stereocenters. The maximum atomic E-state index is 14.0. The molecule has 1 saturated heterocycles. The smallest absolute Gasteiger partial charge is 0.352 e. The van der Waals surface area contributed by atoms with Crippen molar-refractivity contribution in [3.63, 3.8) is 0 Å². The van der Waals surface area contributed by atoms with E-state index in [1.54, 1.807) is 0 Å². The standard InChI is InChI=1S/C17H24F2N2O2/c1-3-13-4-6-14(7-5-13)12-21-10-8-16(23,9-11-21)17(18,19)15(22)20-2/h4-7,23H,3,8-12H2,1-2H3,(H,20,22). The molecule has 1 heterocycles. The van der Waals surface area contributed by atoms with Gasteiger partial charge in [0.05, 0.1) is 0 Å². The lowest BCUT2D eigenvalue weighted by molar-refractivity contribution is -0.204. The van der Waals surface area contributed by atoms with Gasteiger partial charge in [-0.3, -0.25) is 9.69 Å². The maximum Gasteiger partial charge on any atom is 0.352 e. The molecule has 0 saturated carbocycles. The van der Waals surface area contributed by atoms with Crippen LogP contribution in [0.3, 0.4) is 0 Å². The fraction of sp³-hybridized carbons (Fsp3) is 0.588. The number of halogens is 2. The summed E-state index contributed by atoms with van der Waals surface area (Å²) in [7, 11) is 1.15. The lowest BCUT2D eigenvalue weighted by Gasteiger charge is -2.41. The van der Waals surface area contributed by atoms with Crippen LogP contribution >= 0.6 is 0 Å². The van der Waals surface area contributed by atoms with E-state index >= 15 is 0 Å². The van der Waals surface area contributed by atoms with Gasteiger partial charge in [0.15, 0.2) is 0 Å². The van der Waals surface area contributed by atoms with Crippen molar-refractivity contribution >= 4 is 5.91 Å². The third-order valence-corrected chi connectivity index (χ3v) is 4.62. The minimum absolute atomic E-state index is 0.125.